The van der Waals surface area contributed by atoms with Crippen LogP contribution in [0.15, 0.2) is 48.1 Å². The highest BCUT2D eigenvalue weighted by molar-refractivity contribution is 7.13. The number of rotatable bonds is 4. The van der Waals surface area contributed by atoms with Gasteiger partial charge < -0.3 is 4.90 Å². The van der Waals surface area contributed by atoms with Crippen LogP contribution < -0.4 is 4.90 Å². The van der Waals surface area contributed by atoms with Gasteiger partial charge in [-0.15, -0.1) is 11.3 Å². The van der Waals surface area contributed by atoms with Gasteiger partial charge in [-0.1, -0.05) is 30.3 Å². The summed E-state index contributed by atoms with van der Waals surface area (Å²) >= 11 is 1.73. The van der Waals surface area contributed by atoms with E-state index >= 15 is 0 Å². The van der Waals surface area contributed by atoms with E-state index in [-0.39, 0.29) is 0 Å². The third-order valence-corrected chi connectivity index (χ3v) is 5.28. The molecule has 0 unspecified atom stereocenters. The highest BCUT2D eigenvalue weighted by Gasteiger charge is 2.18. The monoisotopic (exact) mass is 339 g/mol. The topological polar surface area (TPSA) is 48.1 Å². The fraction of sp³-hybridized carbons (Fsp3) is 0.333. The van der Waals surface area contributed by atoms with E-state index in [4.69, 9.17) is 0 Å². The zero-order chi connectivity index (χ0) is 16.2. The minimum atomic E-state index is 0.937. The Morgan fingerprint density at radius 2 is 2.00 bits per heavy atom. The Hall–Kier alpha value is -2.18. The van der Waals surface area contributed by atoms with Gasteiger partial charge in [0.15, 0.2) is 5.13 Å². The second kappa shape index (κ2) is 7.15. The van der Waals surface area contributed by atoms with Gasteiger partial charge in [-0.25, -0.2) is 4.98 Å². The van der Waals surface area contributed by atoms with Crippen LogP contribution in [0.2, 0.25) is 0 Å². The number of nitrogens with one attached hydrogen (secondary N) is 1. The molecule has 1 aliphatic heterocycles. The largest absolute Gasteiger partial charge is 0.347 e. The molecule has 0 spiro atoms. The van der Waals surface area contributed by atoms with Crippen molar-refractivity contribution in [1.82, 2.24) is 20.1 Å². The average molecular weight is 339 g/mol. The van der Waals surface area contributed by atoms with E-state index in [1.54, 1.807) is 11.3 Å². The summed E-state index contributed by atoms with van der Waals surface area (Å²) in [5, 5.41) is 10.6. The molecular formula is C18H21N5S. The van der Waals surface area contributed by atoms with Gasteiger partial charge in [-0.05, 0) is 12.0 Å². The molecule has 1 saturated heterocycles. The van der Waals surface area contributed by atoms with Crippen molar-refractivity contribution in [2.75, 3.05) is 31.1 Å². The zero-order valence-corrected chi connectivity index (χ0v) is 14.4. The summed E-state index contributed by atoms with van der Waals surface area (Å²) in [7, 11) is 0. The molecule has 3 aromatic rings. The number of nitrogens with zero attached hydrogens (tertiary/aromatic N) is 4. The number of thiazole rings is 1. The second-order valence-corrected chi connectivity index (χ2v) is 6.94. The van der Waals surface area contributed by atoms with E-state index in [1.165, 1.54) is 11.1 Å². The third-order valence-electron chi connectivity index (χ3n) is 4.45. The van der Waals surface area contributed by atoms with Gasteiger partial charge in [0.25, 0.3) is 0 Å². The Bertz CT molecular complexity index is 753. The number of hydrogen-bond acceptors (Lipinski definition) is 5. The number of aromatic amines is 1. The van der Waals surface area contributed by atoms with Gasteiger partial charge in [0.05, 0.1) is 11.9 Å². The Labute approximate surface area is 146 Å². The molecule has 0 aliphatic carbocycles. The van der Waals surface area contributed by atoms with Crippen molar-refractivity contribution in [1.29, 1.82) is 0 Å². The average Bonchev–Trinajstić information content (AvgIpc) is 3.25. The van der Waals surface area contributed by atoms with Crippen LogP contribution in [0.3, 0.4) is 0 Å². The Kier molecular flexibility index (Phi) is 4.57. The molecule has 0 saturated carbocycles. The highest BCUT2D eigenvalue weighted by Crippen LogP contribution is 2.23. The Morgan fingerprint density at radius 1 is 1.08 bits per heavy atom. The number of benzene rings is 1. The maximum atomic E-state index is 4.45. The lowest BCUT2D eigenvalue weighted by molar-refractivity contribution is 0.286. The predicted octanol–water partition coefficient (Wildman–Crippen LogP) is 3.25. The van der Waals surface area contributed by atoms with Crippen LogP contribution in [0, 0.1) is 0 Å². The number of H-pyrrole nitrogens is 1. The lowest BCUT2D eigenvalue weighted by atomic mass is 10.1. The van der Waals surface area contributed by atoms with Crippen molar-refractivity contribution < 1.29 is 0 Å². The maximum Gasteiger partial charge on any atom is 0.185 e. The smallest absolute Gasteiger partial charge is 0.185 e. The van der Waals surface area contributed by atoms with Crippen LogP contribution in [-0.2, 0) is 6.54 Å². The maximum absolute atomic E-state index is 4.45. The highest BCUT2D eigenvalue weighted by atomic mass is 32.1. The molecule has 124 valence electrons. The van der Waals surface area contributed by atoms with Crippen molar-refractivity contribution in [3.05, 3.63) is 53.7 Å². The number of hydrogen-bond donors (Lipinski definition) is 1. The molecular weight excluding hydrogens is 318 g/mol. The minimum Gasteiger partial charge on any atom is -0.347 e. The standard InChI is InChI=1S/C18H21N5S/c1-2-5-15(6-3-1)17-16(13-20-21-17)14-22-8-4-9-23(11-10-22)18-19-7-12-24-18/h1-3,5-7,12-13H,4,8-11,14H2,(H,20,21). The fourth-order valence-electron chi connectivity index (χ4n) is 3.22. The van der Waals surface area contributed by atoms with E-state index in [1.807, 2.05) is 18.5 Å². The molecule has 0 bridgehead atoms. The molecule has 1 fully saturated rings. The summed E-state index contributed by atoms with van der Waals surface area (Å²) in [6.45, 7) is 5.22. The number of anilines is 1. The van der Waals surface area contributed by atoms with E-state index in [2.05, 4.69) is 54.6 Å². The van der Waals surface area contributed by atoms with E-state index in [0.717, 1.165) is 50.0 Å². The summed E-state index contributed by atoms with van der Waals surface area (Å²) in [4.78, 5) is 9.37. The molecule has 0 amide bonds. The van der Waals surface area contributed by atoms with Crippen molar-refractivity contribution in [2.24, 2.45) is 0 Å². The Morgan fingerprint density at radius 3 is 2.83 bits per heavy atom. The lowest BCUT2D eigenvalue weighted by Gasteiger charge is -2.21. The van der Waals surface area contributed by atoms with Crippen LogP contribution in [0.4, 0.5) is 5.13 Å². The first-order valence-electron chi connectivity index (χ1n) is 8.34. The Balaban J connectivity index is 1.44. The quantitative estimate of drug-likeness (QED) is 0.793. The van der Waals surface area contributed by atoms with Crippen molar-refractivity contribution in [2.45, 2.75) is 13.0 Å². The van der Waals surface area contributed by atoms with Gasteiger partial charge in [0, 0.05) is 49.9 Å². The van der Waals surface area contributed by atoms with Crippen LogP contribution in [0.5, 0.6) is 0 Å². The molecule has 1 aliphatic rings. The summed E-state index contributed by atoms with van der Waals surface area (Å²) in [6.07, 6.45) is 5.02. The molecule has 1 aromatic carbocycles. The van der Waals surface area contributed by atoms with Crippen molar-refractivity contribution in [3.63, 3.8) is 0 Å². The summed E-state index contributed by atoms with van der Waals surface area (Å²) in [6, 6.07) is 10.4. The van der Waals surface area contributed by atoms with Crippen molar-refractivity contribution in [3.8, 4) is 11.3 Å². The summed E-state index contributed by atoms with van der Waals surface area (Å²) in [5.74, 6) is 0. The fourth-order valence-corrected chi connectivity index (χ4v) is 3.92. The summed E-state index contributed by atoms with van der Waals surface area (Å²) < 4.78 is 0. The zero-order valence-electron chi connectivity index (χ0n) is 13.6. The predicted molar refractivity (Wildman–Crippen MR) is 98.2 cm³/mol. The van der Waals surface area contributed by atoms with Gasteiger partial charge in [0.2, 0.25) is 0 Å². The van der Waals surface area contributed by atoms with Gasteiger partial charge in [-0.2, -0.15) is 5.10 Å². The molecule has 2 aromatic heterocycles. The van der Waals surface area contributed by atoms with Crippen molar-refractivity contribution >= 4 is 16.5 Å². The molecule has 3 heterocycles. The molecule has 24 heavy (non-hydrogen) atoms. The molecule has 5 nitrogen and oxygen atoms in total. The molecule has 0 atom stereocenters. The van der Waals surface area contributed by atoms with Crippen LogP contribution in [0.1, 0.15) is 12.0 Å². The van der Waals surface area contributed by atoms with Gasteiger partial charge in [-0.3, -0.25) is 10.00 Å². The minimum absolute atomic E-state index is 0.937. The van der Waals surface area contributed by atoms with Crippen LogP contribution >= 0.6 is 11.3 Å². The van der Waals surface area contributed by atoms with Crippen LogP contribution in [-0.4, -0.2) is 46.3 Å². The molecule has 0 radical (unpaired) electrons. The molecule has 4 rings (SSSR count). The lowest BCUT2D eigenvalue weighted by Crippen LogP contribution is -2.30. The second-order valence-electron chi connectivity index (χ2n) is 6.07. The van der Waals surface area contributed by atoms with E-state index in [0.29, 0.717) is 0 Å². The molecule has 6 heteroatoms. The number of aromatic nitrogens is 3. The van der Waals surface area contributed by atoms with Gasteiger partial charge in [0.1, 0.15) is 0 Å². The first-order valence-corrected chi connectivity index (χ1v) is 9.22. The summed E-state index contributed by atoms with van der Waals surface area (Å²) in [5.41, 5.74) is 3.60. The first-order chi connectivity index (χ1) is 11.9. The SMILES string of the molecule is c1ccc(-c2[nH]ncc2CN2CCCN(c3nccs3)CC2)cc1. The van der Waals surface area contributed by atoms with Gasteiger partial charge >= 0.3 is 0 Å². The third kappa shape index (κ3) is 3.34. The molecule has 1 N–H and O–H groups in total. The van der Waals surface area contributed by atoms with Crippen LogP contribution in [0.25, 0.3) is 11.3 Å². The van der Waals surface area contributed by atoms with E-state index in [9.17, 15) is 0 Å². The van der Waals surface area contributed by atoms with E-state index < -0.39 is 0 Å². The first kappa shape index (κ1) is 15.4. The normalized spacial score (nSPS) is 16.2.